The molecule has 124 valence electrons. The summed E-state index contributed by atoms with van der Waals surface area (Å²) in [6, 6.07) is 0. The molecule has 0 spiro atoms. The summed E-state index contributed by atoms with van der Waals surface area (Å²) in [4.78, 5) is 22.6. The predicted molar refractivity (Wildman–Crippen MR) is 91.2 cm³/mol. The van der Waals surface area contributed by atoms with E-state index in [9.17, 15) is 4.79 Å². The number of hydrogen-bond acceptors (Lipinski definition) is 4. The quantitative estimate of drug-likeness (QED) is 0.868. The normalized spacial score (nSPS) is 17.5. The third-order valence-electron chi connectivity index (χ3n) is 4.75. The van der Waals surface area contributed by atoms with Gasteiger partial charge in [0.05, 0.1) is 12.2 Å². The molecule has 0 saturated heterocycles. The van der Waals surface area contributed by atoms with Crippen LogP contribution in [0.1, 0.15) is 56.1 Å². The van der Waals surface area contributed by atoms with E-state index in [2.05, 4.69) is 21.4 Å². The molecule has 0 bridgehead atoms. The predicted octanol–water partition coefficient (Wildman–Crippen LogP) is 2.99. The highest BCUT2D eigenvalue weighted by Crippen LogP contribution is 2.25. The van der Waals surface area contributed by atoms with Gasteiger partial charge in [0, 0.05) is 25.6 Å². The molecule has 1 N–H and O–H groups in total. The van der Waals surface area contributed by atoms with Gasteiger partial charge in [0.15, 0.2) is 0 Å². The van der Waals surface area contributed by atoms with Gasteiger partial charge in [-0.1, -0.05) is 11.6 Å². The Labute approximate surface area is 138 Å². The third-order valence-corrected chi connectivity index (χ3v) is 4.75. The van der Waals surface area contributed by atoms with Crippen molar-refractivity contribution in [1.82, 2.24) is 14.9 Å². The van der Waals surface area contributed by atoms with Crippen molar-refractivity contribution in [3.05, 3.63) is 28.7 Å². The Bertz CT molecular complexity index is 624. The van der Waals surface area contributed by atoms with Gasteiger partial charge in [-0.05, 0) is 45.4 Å². The zero-order valence-electron chi connectivity index (χ0n) is 14.2. The molecule has 1 aliphatic heterocycles. The molecule has 0 aromatic carbocycles. The van der Waals surface area contributed by atoms with E-state index in [4.69, 9.17) is 0 Å². The fourth-order valence-electron chi connectivity index (χ4n) is 3.44. The Morgan fingerprint density at radius 1 is 1.30 bits per heavy atom. The maximum Gasteiger partial charge on any atom is 0.219 e. The molecule has 5 heteroatoms. The van der Waals surface area contributed by atoms with Crippen LogP contribution in [0.15, 0.2) is 11.6 Å². The van der Waals surface area contributed by atoms with Crippen molar-refractivity contribution in [2.75, 3.05) is 18.4 Å². The van der Waals surface area contributed by atoms with E-state index in [1.54, 1.807) is 12.5 Å². The summed E-state index contributed by atoms with van der Waals surface area (Å²) in [6.07, 6.45) is 9.47. The molecule has 1 amide bonds. The number of rotatable bonds is 4. The number of carbonyl (C=O) groups excluding carboxylic acids is 1. The van der Waals surface area contributed by atoms with Crippen LogP contribution in [0.5, 0.6) is 0 Å². The smallest absolute Gasteiger partial charge is 0.219 e. The second-order valence-corrected chi connectivity index (χ2v) is 6.52. The van der Waals surface area contributed by atoms with E-state index in [0.29, 0.717) is 6.54 Å². The van der Waals surface area contributed by atoms with Crippen LogP contribution in [0.3, 0.4) is 0 Å². The van der Waals surface area contributed by atoms with E-state index in [1.165, 1.54) is 31.2 Å². The van der Waals surface area contributed by atoms with Gasteiger partial charge in [-0.3, -0.25) is 4.79 Å². The first kappa shape index (κ1) is 16.0. The number of amides is 1. The minimum Gasteiger partial charge on any atom is -0.369 e. The molecule has 2 aliphatic rings. The molecule has 0 saturated carbocycles. The Kier molecular flexibility index (Phi) is 4.94. The number of hydrogen-bond donors (Lipinski definition) is 1. The molecule has 1 aliphatic carbocycles. The van der Waals surface area contributed by atoms with Crippen molar-refractivity contribution < 1.29 is 4.79 Å². The highest BCUT2D eigenvalue weighted by Gasteiger charge is 2.23. The summed E-state index contributed by atoms with van der Waals surface area (Å²) in [5.41, 5.74) is 3.76. The van der Waals surface area contributed by atoms with Crippen LogP contribution in [0.4, 0.5) is 5.82 Å². The van der Waals surface area contributed by atoms with Crippen molar-refractivity contribution in [1.29, 1.82) is 0 Å². The summed E-state index contributed by atoms with van der Waals surface area (Å²) in [7, 11) is 0. The highest BCUT2D eigenvalue weighted by atomic mass is 16.2. The largest absolute Gasteiger partial charge is 0.369 e. The topological polar surface area (TPSA) is 58.1 Å². The summed E-state index contributed by atoms with van der Waals surface area (Å²) < 4.78 is 0. The summed E-state index contributed by atoms with van der Waals surface area (Å²) >= 11 is 0. The molecule has 0 fully saturated rings. The molecular formula is C18H26N4O. The van der Waals surface area contributed by atoms with E-state index in [1.807, 2.05) is 11.8 Å². The van der Waals surface area contributed by atoms with Crippen molar-refractivity contribution in [2.45, 2.75) is 58.9 Å². The molecule has 2 heterocycles. The lowest BCUT2D eigenvalue weighted by Crippen LogP contribution is -2.35. The number of aryl methyl sites for hydroxylation is 1. The van der Waals surface area contributed by atoms with E-state index in [-0.39, 0.29) is 5.91 Å². The molecule has 0 atom stereocenters. The second kappa shape index (κ2) is 7.11. The number of allylic oxidation sites excluding steroid dienone is 1. The van der Waals surface area contributed by atoms with Crippen LogP contribution in [-0.2, 0) is 17.8 Å². The number of aromatic nitrogens is 2. The van der Waals surface area contributed by atoms with Crippen LogP contribution in [0, 0.1) is 6.92 Å². The Hall–Kier alpha value is -1.91. The fraction of sp³-hybridized carbons (Fsp3) is 0.611. The number of nitrogens with zero attached hydrogens (tertiary/aromatic N) is 3. The number of fused-ring (bicyclic) bond motifs is 1. The van der Waals surface area contributed by atoms with Crippen LogP contribution in [-0.4, -0.2) is 33.9 Å². The minimum absolute atomic E-state index is 0.116. The second-order valence-electron chi connectivity index (χ2n) is 6.52. The Morgan fingerprint density at radius 3 is 2.91 bits per heavy atom. The molecule has 5 nitrogen and oxygen atoms in total. The summed E-state index contributed by atoms with van der Waals surface area (Å²) in [5.74, 6) is 1.85. The molecular weight excluding hydrogens is 288 g/mol. The van der Waals surface area contributed by atoms with Crippen molar-refractivity contribution in [3.8, 4) is 0 Å². The van der Waals surface area contributed by atoms with Gasteiger partial charge < -0.3 is 10.2 Å². The zero-order valence-corrected chi connectivity index (χ0v) is 14.2. The average molecular weight is 314 g/mol. The molecule has 1 aromatic heterocycles. The standard InChI is InChI=1S/C18H26N4O/c1-13-20-17-12-22(14(2)23)11-9-16(17)18(21-13)19-10-8-15-6-4-3-5-7-15/h6H,3-5,7-12H2,1-2H3,(H,19,20,21). The summed E-state index contributed by atoms with van der Waals surface area (Å²) in [6.45, 7) is 5.82. The first-order valence-corrected chi connectivity index (χ1v) is 8.67. The Balaban J connectivity index is 1.68. The van der Waals surface area contributed by atoms with Gasteiger partial charge in [-0.25, -0.2) is 9.97 Å². The highest BCUT2D eigenvalue weighted by molar-refractivity contribution is 5.73. The van der Waals surface area contributed by atoms with E-state index >= 15 is 0 Å². The van der Waals surface area contributed by atoms with Crippen LogP contribution in [0.25, 0.3) is 0 Å². The van der Waals surface area contributed by atoms with E-state index in [0.717, 1.165) is 43.3 Å². The zero-order chi connectivity index (χ0) is 16.2. The third kappa shape index (κ3) is 3.89. The number of carbonyl (C=O) groups is 1. The molecule has 23 heavy (non-hydrogen) atoms. The van der Waals surface area contributed by atoms with Gasteiger partial charge in [-0.2, -0.15) is 0 Å². The maximum atomic E-state index is 11.6. The van der Waals surface area contributed by atoms with Gasteiger partial charge in [0.25, 0.3) is 0 Å². The Morgan fingerprint density at radius 2 is 2.17 bits per heavy atom. The van der Waals surface area contributed by atoms with Gasteiger partial charge >= 0.3 is 0 Å². The lowest BCUT2D eigenvalue weighted by molar-refractivity contribution is -0.129. The average Bonchev–Trinajstić information content (AvgIpc) is 2.55. The first-order chi connectivity index (χ1) is 11.1. The van der Waals surface area contributed by atoms with Crippen molar-refractivity contribution in [2.24, 2.45) is 0 Å². The van der Waals surface area contributed by atoms with Crippen molar-refractivity contribution in [3.63, 3.8) is 0 Å². The van der Waals surface area contributed by atoms with Gasteiger partial charge in [0.2, 0.25) is 5.91 Å². The van der Waals surface area contributed by atoms with Crippen LogP contribution in [0.2, 0.25) is 0 Å². The molecule has 3 rings (SSSR count). The van der Waals surface area contributed by atoms with Crippen molar-refractivity contribution >= 4 is 11.7 Å². The lowest BCUT2D eigenvalue weighted by atomic mass is 9.97. The van der Waals surface area contributed by atoms with Crippen LogP contribution >= 0.6 is 0 Å². The maximum absolute atomic E-state index is 11.6. The molecule has 0 unspecified atom stereocenters. The SMILES string of the molecule is CC(=O)N1CCc2c(nc(C)nc2NCCC2=CCCCC2)C1. The number of nitrogens with one attached hydrogen (secondary N) is 1. The molecule has 1 aromatic rings. The lowest BCUT2D eigenvalue weighted by Gasteiger charge is -2.28. The minimum atomic E-state index is 0.116. The monoisotopic (exact) mass is 314 g/mol. The van der Waals surface area contributed by atoms with E-state index < -0.39 is 0 Å². The van der Waals surface area contributed by atoms with Gasteiger partial charge in [-0.15, -0.1) is 0 Å². The molecule has 0 radical (unpaired) electrons. The fourth-order valence-corrected chi connectivity index (χ4v) is 3.44. The first-order valence-electron chi connectivity index (χ1n) is 8.67. The van der Waals surface area contributed by atoms with Crippen LogP contribution < -0.4 is 5.32 Å². The summed E-state index contributed by atoms with van der Waals surface area (Å²) in [5, 5.41) is 3.51. The number of anilines is 1. The van der Waals surface area contributed by atoms with Gasteiger partial charge in [0.1, 0.15) is 11.6 Å².